The molecule has 110 valence electrons. The summed E-state index contributed by atoms with van der Waals surface area (Å²) in [6.07, 6.45) is 7.27. The Labute approximate surface area is 117 Å². The Morgan fingerprint density at radius 2 is 1.89 bits per heavy atom. The molecule has 1 heterocycles. The molecule has 19 heavy (non-hydrogen) atoms. The minimum Gasteiger partial charge on any atom is -0.354 e. The highest BCUT2D eigenvalue weighted by atomic mass is 16.2. The topological polar surface area (TPSA) is 44.4 Å². The lowest BCUT2D eigenvalue weighted by atomic mass is 9.80. The molecule has 0 aromatic carbocycles. The van der Waals surface area contributed by atoms with Crippen molar-refractivity contribution < 1.29 is 4.79 Å². The van der Waals surface area contributed by atoms with Gasteiger partial charge in [-0.1, -0.05) is 19.3 Å². The van der Waals surface area contributed by atoms with Crippen LogP contribution in [0.4, 0.5) is 0 Å². The van der Waals surface area contributed by atoms with Crippen molar-refractivity contribution in [2.75, 3.05) is 33.7 Å². The van der Waals surface area contributed by atoms with Crippen LogP contribution in [0, 0.1) is 5.41 Å². The summed E-state index contributed by atoms with van der Waals surface area (Å²) < 4.78 is 0. The van der Waals surface area contributed by atoms with E-state index in [0.29, 0.717) is 0 Å². The Hall–Kier alpha value is -0.610. The third-order valence-electron chi connectivity index (χ3n) is 5.23. The van der Waals surface area contributed by atoms with Gasteiger partial charge in [-0.05, 0) is 46.8 Å². The number of carbonyl (C=O) groups is 1. The summed E-state index contributed by atoms with van der Waals surface area (Å²) >= 11 is 0. The van der Waals surface area contributed by atoms with Crippen molar-refractivity contribution in [2.45, 2.75) is 51.0 Å². The second-order valence-corrected chi connectivity index (χ2v) is 6.85. The fraction of sp³-hybridized carbons (Fsp3) is 0.933. The fourth-order valence-corrected chi connectivity index (χ4v) is 3.46. The van der Waals surface area contributed by atoms with Gasteiger partial charge in [-0.2, -0.15) is 0 Å². The summed E-state index contributed by atoms with van der Waals surface area (Å²) in [6.45, 7) is 4.65. The maximum Gasteiger partial charge on any atom is 0.227 e. The van der Waals surface area contributed by atoms with Crippen molar-refractivity contribution in [1.29, 1.82) is 0 Å². The van der Waals surface area contributed by atoms with Crippen LogP contribution in [0.25, 0.3) is 0 Å². The summed E-state index contributed by atoms with van der Waals surface area (Å²) in [5, 5.41) is 6.53. The maximum absolute atomic E-state index is 12.4. The first kappa shape index (κ1) is 14.8. The SMILES string of the molecule is CN(C)C1(CNC(=O)C2(C)CCNC2)CCCCC1. The molecule has 1 saturated heterocycles. The molecular weight excluding hydrogens is 238 g/mol. The van der Waals surface area contributed by atoms with Gasteiger partial charge in [0.2, 0.25) is 5.91 Å². The van der Waals surface area contributed by atoms with Crippen LogP contribution in [0.1, 0.15) is 45.4 Å². The second kappa shape index (κ2) is 5.80. The van der Waals surface area contributed by atoms with Crippen molar-refractivity contribution in [3.8, 4) is 0 Å². The lowest BCUT2D eigenvalue weighted by Gasteiger charge is -2.43. The number of nitrogens with zero attached hydrogens (tertiary/aromatic N) is 1. The molecule has 1 atom stereocenters. The number of rotatable bonds is 4. The van der Waals surface area contributed by atoms with E-state index in [1.165, 1.54) is 32.1 Å². The minimum absolute atomic E-state index is 0.177. The van der Waals surface area contributed by atoms with E-state index in [0.717, 1.165) is 26.1 Å². The molecule has 0 bridgehead atoms. The van der Waals surface area contributed by atoms with E-state index in [2.05, 4.69) is 36.6 Å². The highest BCUT2D eigenvalue weighted by Gasteiger charge is 2.39. The summed E-state index contributed by atoms with van der Waals surface area (Å²) in [5.41, 5.74) is -0.0293. The molecule has 1 aliphatic heterocycles. The molecule has 4 nitrogen and oxygen atoms in total. The smallest absolute Gasteiger partial charge is 0.227 e. The average molecular weight is 267 g/mol. The van der Waals surface area contributed by atoms with Crippen LogP contribution < -0.4 is 10.6 Å². The Balaban J connectivity index is 1.93. The summed E-state index contributed by atoms with van der Waals surface area (Å²) in [7, 11) is 4.30. The van der Waals surface area contributed by atoms with Gasteiger partial charge in [-0.25, -0.2) is 0 Å². The fourth-order valence-electron chi connectivity index (χ4n) is 3.46. The normalized spacial score (nSPS) is 30.5. The molecule has 1 unspecified atom stereocenters. The van der Waals surface area contributed by atoms with Crippen LogP contribution in [-0.2, 0) is 4.79 Å². The minimum atomic E-state index is -0.206. The van der Waals surface area contributed by atoms with Gasteiger partial charge in [-0.3, -0.25) is 4.79 Å². The van der Waals surface area contributed by atoms with E-state index in [1.54, 1.807) is 0 Å². The van der Waals surface area contributed by atoms with Crippen LogP contribution in [0.2, 0.25) is 0 Å². The molecule has 4 heteroatoms. The van der Waals surface area contributed by atoms with E-state index >= 15 is 0 Å². The van der Waals surface area contributed by atoms with Gasteiger partial charge in [0.15, 0.2) is 0 Å². The summed E-state index contributed by atoms with van der Waals surface area (Å²) in [6, 6.07) is 0. The predicted octanol–water partition coefficient (Wildman–Crippen LogP) is 1.37. The molecule has 2 fully saturated rings. The van der Waals surface area contributed by atoms with E-state index in [-0.39, 0.29) is 16.9 Å². The molecule has 0 spiro atoms. The van der Waals surface area contributed by atoms with Gasteiger partial charge < -0.3 is 15.5 Å². The highest BCUT2D eigenvalue weighted by Crippen LogP contribution is 2.32. The Morgan fingerprint density at radius 1 is 1.21 bits per heavy atom. The number of hydrogen-bond acceptors (Lipinski definition) is 3. The van der Waals surface area contributed by atoms with Gasteiger partial charge in [0.25, 0.3) is 0 Å². The van der Waals surface area contributed by atoms with Crippen LogP contribution in [-0.4, -0.2) is 50.1 Å². The first-order valence-electron chi connectivity index (χ1n) is 7.65. The van der Waals surface area contributed by atoms with Gasteiger partial charge in [0.05, 0.1) is 5.41 Å². The Bertz CT molecular complexity index is 315. The Kier molecular flexibility index (Phi) is 4.51. The number of likely N-dealkylation sites (N-methyl/N-ethyl adjacent to an activating group) is 1. The van der Waals surface area contributed by atoms with E-state index in [9.17, 15) is 4.79 Å². The number of nitrogens with one attached hydrogen (secondary N) is 2. The molecule has 1 amide bonds. The van der Waals surface area contributed by atoms with Gasteiger partial charge in [0.1, 0.15) is 0 Å². The van der Waals surface area contributed by atoms with Gasteiger partial charge in [-0.15, -0.1) is 0 Å². The lowest BCUT2D eigenvalue weighted by molar-refractivity contribution is -0.130. The molecule has 0 aromatic heterocycles. The largest absolute Gasteiger partial charge is 0.354 e. The standard InChI is InChI=1S/C15H29N3O/c1-14(9-10-16-11-14)13(19)17-12-15(18(2)3)7-5-4-6-8-15/h16H,4-12H2,1-3H3,(H,17,19). The zero-order valence-corrected chi connectivity index (χ0v) is 12.7. The van der Waals surface area contributed by atoms with Crippen molar-refractivity contribution in [3.63, 3.8) is 0 Å². The highest BCUT2D eigenvalue weighted by molar-refractivity contribution is 5.82. The molecule has 0 aromatic rings. The number of hydrogen-bond donors (Lipinski definition) is 2. The van der Waals surface area contributed by atoms with Crippen LogP contribution in [0.15, 0.2) is 0 Å². The third-order valence-corrected chi connectivity index (χ3v) is 5.23. The molecule has 1 saturated carbocycles. The van der Waals surface area contributed by atoms with Gasteiger partial charge in [0, 0.05) is 18.6 Å². The first-order valence-corrected chi connectivity index (χ1v) is 7.65. The number of carbonyl (C=O) groups excluding carboxylic acids is 1. The lowest BCUT2D eigenvalue weighted by Crippen LogP contribution is -2.55. The van der Waals surface area contributed by atoms with Gasteiger partial charge >= 0.3 is 0 Å². The molecular formula is C15H29N3O. The zero-order valence-electron chi connectivity index (χ0n) is 12.7. The van der Waals surface area contributed by atoms with E-state index < -0.39 is 0 Å². The van der Waals surface area contributed by atoms with Crippen LogP contribution in [0.5, 0.6) is 0 Å². The molecule has 2 N–H and O–H groups in total. The second-order valence-electron chi connectivity index (χ2n) is 6.85. The average Bonchev–Trinajstić information content (AvgIpc) is 2.85. The van der Waals surface area contributed by atoms with E-state index in [4.69, 9.17) is 0 Å². The quantitative estimate of drug-likeness (QED) is 0.808. The third kappa shape index (κ3) is 3.11. The number of amides is 1. The zero-order chi connectivity index (χ0) is 13.9. The maximum atomic E-state index is 12.4. The van der Waals surface area contributed by atoms with Crippen molar-refractivity contribution in [3.05, 3.63) is 0 Å². The predicted molar refractivity (Wildman–Crippen MR) is 78.1 cm³/mol. The van der Waals surface area contributed by atoms with Crippen molar-refractivity contribution in [2.24, 2.45) is 5.41 Å². The summed E-state index contributed by atoms with van der Waals surface area (Å²) in [5.74, 6) is 0.226. The first-order chi connectivity index (χ1) is 8.99. The van der Waals surface area contributed by atoms with Crippen LogP contribution >= 0.6 is 0 Å². The molecule has 0 radical (unpaired) electrons. The summed E-state index contributed by atoms with van der Waals surface area (Å²) in [4.78, 5) is 14.7. The monoisotopic (exact) mass is 267 g/mol. The van der Waals surface area contributed by atoms with E-state index in [1.807, 2.05) is 0 Å². The molecule has 2 aliphatic rings. The van der Waals surface area contributed by atoms with Crippen molar-refractivity contribution in [1.82, 2.24) is 15.5 Å². The van der Waals surface area contributed by atoms with Crippen LogP contribution in [0.3, 0.4) is 0 Å². The Morgan fingerprint density at radius 3 is 2.42 bits per heavy atom. The molecule has 1 aliphatic carbocycles. The van der Waals surface area contributed by atoms with Crippen molar-refractivity contribution >= 4 is 5.91 Å². The molecule has 2 rings (SSSR count).